The van der Waals surface area contributed by atoms with Crippen molar-refractivity contribution in [3.63, 3.8) is 0 Å². The van der Waals surface area contributed by atoms with Crippen LogP contribution in [0.25, 0.3) is 10.9 Å². The van der Waals surface area contributed by atoms with Crippen molar-refractivity contribution in [2.45, 2.75) is 24.3 Å². The van der Waals surface area contributed by atoms with Gasteiger partial charge in [-0.25, -0.2) is 4.98 Å². The molecule has 1 N–H and O–H groups in total. The Bertz CT molecular complexity index is 756. The van der Waals surface area contributed by atoms with E-state index < -0.39 is 17.2 Å². The van der Waals surface area contributed by atoms with Gasteiger partial charge >= 0.3 is 11.9 Å². The molecule has 0 amide bonds. The third-order valence-electron chi connectivity index (χ3n) is 2.82. The largest absolute Gasteiger partial charge is 0.465 e. The van der Waals surface area contributed by atoms with Crippen molar-refractivity contribution < 1.29 is 19.1 Å². The van der Waals surface area contributed by atoms with Crippen LogP contribution in [0.2, 0.25) is 0 Å². The second-order valence-electron chi connectivity index (χ2n) is 4.39. The average molecular weight is 336 g/mol. The summed E-state index contributed by atoms with van der Waals surface area (Å²) < 4.78 is 9.76. The van der Waals surface area contributed by atoms with Crippen molar-refractivity contribution in [1.82, 2.24) is 9.97 Å². The first-order valence-corrected chi connectivity index (χ1v) is 7.93. The predicted octanol–water partition coefficient (Wildman–Crippen LogP) is 1.51. The fraction of sp³-hybridized carbons (Fsp3) is 0.333. The Hall–Kier alpha value is -2.35. The van der Waals surface area contributed by atoms with E-state index in [4.69, 9.17) is 9.47 Å². The van der Waals surface area contributed by atoms with E-state index in [9.17, 15) is 14.4 Å². The highest BCUT2D eigenvalue weighted by Crippen LogP contribution is 2.22. The Labute approximate surface area is 136 Å². The van der Waals surface area contributed by atoms with Crippen LogP contribution in [-0.2, 0) is 19.1 Å². The van der Waals surface area contributed by atoms with Crippen LogP contribution in [0.3, 0.4) is 0 Å². The third-order valence-corrected chi connectivity index (χ3v) is 3.86. The standard InChI is InChI=1S/C15H16N2O5S/c1-3-21-13(19)11(14(20)22-4-2)23-15-16-10-8-6-5-7-9(10)12(18)17-15/h5-8,11H,3-4H2,1-2H3,(H,16,17,18). The molecule has 23 heavy (non-hydrogen) atoms. The Morgan fingerprint density at radius 3 is 2.39 bits per heavy atom. The number of carbonyl (C=O) groups is 2. The molecule has 7 nitrogen and oxygen atoms in total. The molecule has 1 aromatic heterocycles. The maximum absolute atomic E-state index is 12.0. The maximum Gasteiger partial charge on any atom is 0.331 e. The molecular weight excluding hydrogens is 320 g/mol. The van der Waals surface area contributed by atoms with Crippen molar-refractivity contribution in [1.29, 1.82) is 0 Å². The molecule has 0 saturated heterocycles. The fourth-order valence-electron chi connectivity index (χ4n) is 1.86. The number of thioether (sulfide) groups is 1. The lowest BCUT2D eigenvalue weighted by Crippen LogP contribution is -2.31. The van der Waals surface area contributed by atoms with E-state index in [1.165, 1.54) is 0 Å². The number of nitrogens with one attached hydrogen (secondary N) is 1. The topological polar surface area (TPSA) is 98.4 Å². The molecule has 8 heteroatoms. The fourth-order valence-corrected chi connectivity index (χ4v) is 2.72. The predicted molar refractivity (Wildman–Crippen MR) is 85.3 cm³/mol. The highest BCUT2D eigenvalue weighted by molar-refractivity contribution is 8.01. The van der Waals surface area contributed by atoms with Gasteiger partial charge in [-0.05, 0) is 26.0 Å². The van der Waals surface area contributed by atoms with Crippen LogP contribution in [0.15, 0.2) is 34.2 Å². The average Bonchev–Trinajstić information content (AvgIpc) is 2.53. The molecule has 122 valence electrons. The second-order valence-corrected chi connectivity index (χ2v) is 5.48. The molecule has 0 atom stereocenters. The lowest BCUT2D eigenvalue weighted by atomic mass is 10.2. The number of aromatic nitrogens is 2. The highest BCUT2D eigenvalue weighted by Gasteiger charge is 2.31. The Morgan fingerprint density at radius 2 is 1.78 bits per heavy atom. The van der Waals surface area contributed by atoms with Crippen LogP contribution in [0.1, 0.15) is 13.8 Å². The summed E-state index contributed by atoms with van der Waals surface area (Å²) in [6.07, 6.45) is 0. The van der Waals surface area contributed by atoms with Crippen LogP contribution in [-0.4, -0.2) is 40.4 Å². The number of nitrogens with zero attached hydrogens (tertiary/aromatic N) is 1. The summed E-state index contributed by atoms with van der Waals surface area (Å²) in [6.45, 7) is 3.55. The first-order chi connectivity index (χ1) is 11.1. The Balaban J connectivity index is 2.33. The SMILES string of the molecule is CCOC(=O)C(Sc1nc2ccccc2c(=O)[nH]1)C(=O)OCC. The van der Waals surface area contributed by atoms with Gasteiger partial charge in [0, 0.05) is 0 Å². The first-order valence-electron chi connectivity index (χ1n) is 7.05. The third kappa shape index (κ3) is 4.10. The molecule has 2 rings (SSSR count). The van der Waals surface area contributed by atoms with Crippen LogP contribution in [0, 0.1) is 0 Å². The summed E-state index contributed by atoms with van der Waals surface area (Å²) in [5, 5.41) is -0.653. The molecule has 1 aromatic carbocycles. The van der Waals surface area contributed by atoms with Crippen molar-refractivity contribution in [3.8, 4) is 0 Å². The zero-order chi connectivity index (χ0) is 16.8. The number of fused-ring (bicyclic) bond motifs is 1. The molecule has 0 aliphatic rings. The van der Waals surface area contributed by atoms with Gasteiger partial charge in [0.15, 0.2) is 5.16 Å². The van der Waals surface area contributed by atoms with E-state index in [1.54, 1.807) is 38.1 Å². The number of rotatable bonds is 6. The number of benzene rings is 1. The monoisotopic (exact) mass is 336 g/mol. The Kier molecular flexibility index (Phi) is 5.75. The highest BCUT2D eigenvalue weighted by atomic mass is 32.2. The zero-order valence-corrected chi connectivity index (χ0v) is 13.5. The molecule has 0 bridgehead atoms. The van der Waals surface area contributed by atoms with Gasteiger partial charge in [0.2, 0.25) is 5.25 Å². The first kappa shape index (κ1) is 17.0. The van der Waals surface area contributed by atoms with Gasteiger partial charge in [-0.3, -0.25) is 14.4 Å². The number of hydrogen-bond acceptors (Lipinski definition) is 7. The van der Waals surface area contributed by atoms with Gasteiger partial charge in [-0.1, -0.05) is 23.9 Å². The van der Waals surface area contributed by atoms with E-state index in [-0.39, 0.29) is 23.9 Å². The molecule has 0 radical (unpaired) electrons. The van der Waals surface area contributed by atoms with Crippen molar-refractivity contribution in [2.75, 3.05) is 13.2 Å². The van der Waals surface area contributed by atoms with Crippen LogP contribution >= 0.6 is 11.8 Å². The summed E-state index contributed by atoms with van der Waals surface area (Å²) in [5.74, 6) is -1.46. The van der Waals surface area contributed by atoms with E-state index in [1.807, 2.05) is 0 Å². The number of carbonyl (C=O) groups excluding carboxylic acids is 2. The van der Waals surface area contributed by atoms with Crippen molar-refractivity contribution >= 4 is 34.6 Å². The molecule has 0 saturated carbocycles. The number of para-hydroxylation sites is 1. The molecule has 0 fully saturated rings. The van der Waals surface area contributed by atoms with E-state index in [0.29, 0.717) is 10.9 Å². The minimum atomic E-state index is -1.24. The summed E-state index contributed by atoms with van der Waals surface area (Å²) in [5.41, 5.74) is 0.134. The molecule has 0 unspecified atom stereocenters. The van der Waals surface area contributed by atoms with Crippen LogP contribution in [0.4, 0.5) is 0 Å². The Morgan fingerprint density at radius 1 is 1.17 bits per heavy atom. The van der Waals surface area contributed by atoms with E-state index >= 15 is 0 Å². The molecule has 2 aromatic rings. The quantitative estimate of drug-likeness (QED) is 0.369. The maximum atomic E-state index is 12.0. The number of ether oxygens (including phenoxy) is 2. The lowest BCUT2D eigenvalue weighted by Gasteiger charge is -2.13. The van der Waals surface area contributed by atoms with Gasteiger partial charge in [0.1, 0.15) is 0 Å². The molecule has 1 heterocycles. The normalized spacial score (nSPS) is 10.7. The molecule has 0 aliphatic heterocycles. The molecule has 0 spiro atoms. The summed E-state index contributed by atoms with van der Waals surface area (Å²) in [4.78, 5) is 42.7. The summed E-state index contributed by atoms with van der Waals surface area (Å²) in [7, 11) is 0. The minimum absolute atomic E-state index is 0.136. The van der Waals surface area contributed by atoms with Crippen LogP contribution in [0.5, 0.6) is 0 Å². The second kappa shape index (κ2) is 7.77. The number of H-pyrrole nitrogens is 1. The van der Waals surface area contributed by atoms with Crippen LogP contribution < -0.4 is 5.56 Å². The van der Waals surface area contributed by atoms with Gasteiger partial charge in [0.25, 0.3) is 5.56 Å². The zero-order valence-electron chi connectivity index (χ0n) is 12.7. The molecular formula is C15H16N2O5S. The van der Waals surface area contributed by atoms with Crippen molar-refractivity contribution in [3.05, 3.63) is 34.6 Å². The number of hydrogen-bond donors (Lipinski definition) is 1. The van der Waals surface area contributed by atoms with Gasteiger partial charge in [-0.15, -0.1) is 0 Å². The van der Waals surface area contributed by atoms with Gasteiger partial charge < -0.3 is 14.5 Å². The summed E-state index contributed by atoms with van der Waals surface area (Å²) in [6, 6.07) is 6.80. The van der Waals surface area contributed by atoms with Crippen molar-refractivity contribution in [2.24, 2.45) is 0 Å². The minimum Gasteiger partial charge on any atom is -0.465 e. The number of aromatic amines is 1. The van der Waals surface area contributed by atoms with Gasteiger partial charge in [-0.2, -0.15) is 0 Å². The lowest BCUT2D eigenvalue weighted by molar-refractivity contribution is -0.152. The number of esters is 2. The van der Waals surface area contributed by atoms with E-state index in [2.05, 4.69) is 9.97 Å². The summed E-state index contributed by atoms with van der Waals surface area (Å²) >= 11 is 0.798. The molecule has 0 aliphatic carbocycles. The smallest absolute Gasteiger partial charge is 0.331 e. The van der Waals surface area contributed by atoms with Gasteiger partial charge in [0.05, 0.1) is 24.1 Å². The van der Waals surface area contributed by atoms with E-state index in [0.717, 1.165) is 11.8 Å².